The normalized spacial score (nSPS) is 16.1. The van der Waals surface area contributed by atoms with Crippen LogP contribution in [0.3, 0.4) is 0 Å². The third-order valence-corrected chi connectivity index (χ3v) is 11.1. The van der Waals surface area contributed by atoms with Gasteiger partial charge in [-0.1, -0.05) is 36.4 Å². The molecule has 1 unspecified atom stereocenters. The average Bonchev–Trinajstić information content (AvgIpc) is 3.87. The fourth-order valence-electron chi connectivity index (χ4n) is 5.59. The van der Waals surface area contributed by atoms with E-state index in [1.165, 1.54) is 0 Å². The van der Waals surface area contributed by atoms with Crippen molar-refractivity contribution in [2.24, 2.45) is 0 Å². The van der Waals surface area contributed by atoms with Gasteiger partial charge in [0, 0.05) is 51.9 Å². The second-order valence-corrected chi connectivity index (χ2v) is 13.3. The lowest BCUT2D eigenvalue weighted by atomic mass is 10.0. The van der Waals surface area contributed by atoms with Crippen LogP contribution in [0.5, 0.6) is 17.2 Å². The smallest absolute Gasteiger partial charge is 0.207 e. The monoisotopic (exact) mass is 603 g/mol. The van der Waals surface area contributed by atoms with E-state index in [1.807, 2.05) is 89.6 Å². The van der Waals surface area contributed by atoms with Crippen LogP contribution in [0.4, 0.5) is 5.82 Å². The van der Waals surface area contributed by atoms with Crippen molar-refractivity contribution in [2.75, 3.05) is 33.1 Å². The molecule has 0 radical (unpaired) electrons. The van der Waals surface area contributed by atoms with E-state index in [0.717, 1.165) is 37.8 Å². The molecule has 3 aromatic carbocycles. The van der Waals surface area contributed by atoms with Gasteiger partial charge in [0.1, 0.15) is 18.2 Å². The highest BCUT2D eigenvalue weighted by molar-refractivity contribution is 7.76. The van der Waals surface area contributed by atoms with Crippen molar-refractivity contribution in [1.29, 1.82) is 0 Å². The number of methoxy groups -OCH3 is 2. The quantitative estimate of drug-likeness (QED) is 0.131. The number of pyridine rings is 3. The fraction of sp³-hybridized carbons (Fsp3) is 0.147. The molecule has 1 saturated heterocycles. The molecular formula is C34H30N5O4P. The van der Waals surface area contributed by atoms with Gasteiger partial charge in [-0.3, -0.25) is 14.5 Å². The largest absolute Gasteiger partial charge is 0.493 e. The number of ether oxygens (including phenoxy) is 3. The van der Waals surface area contributed by atoms with Crippen LogP contribution in [0.1, 0.15) is 0 Å². The van der Waals surface area contributed by atoms with Crippen LogP contribution in [0.15, 0.2) is 104 Å². The second-order valence-electron chi connectivity index (χ2n) is 10.6. The predicted octanol–water partition coefficient (Wildman–Crippen LogP) is 5.44. The summed E-state index contributed by atoms with van der Waals surface area (Å²) in [6.07, 6.45) is 5.12. The van der Waals surface area contributed by atoms with Crippen molar-refractivity contribution in [3.63, 3.8) is 0 Å². The van der Waals surface area contributed by atoms with Gasteiger partial charge in [0.05, 0.1) is 37.7 Å². The van der Waals surface area contributed by atoms with Gasteiger partial charge in [-0.05, 0) is 47.9 Å². The van der Waals surface area contributed by atoms with E-state index >= 15 is 0 Å². The molecule has 1 aliphatic rings. The maximum absolute atomic E-state index is 14.6. The molecule has 4 heterocycles. The van der Waals surface area contributed by atoms with Gasteiger partial charge < -0.3 is 19.9 Å². The Morgan fingerprint density at radius 1 is 0.841 bits per heavy atom. The van der Waals surface area contributed by atoms with Crippen LogP contribution in [0, 0.1) is 0 Å². The van der Waals surface area contributed by atoms with Gasteiger partial charge in [-0.2, -0.15) is 0 Å². The molecule has 0 amide bonds. The number of hydrogen-bond donors (Lipinski definition) is 1. The molecule has 9 nitrogen and oxygen atoms in total. The Bertz CT molecular complexity index is 2000. The van der Waals surface area contributed by atoms with Crippen molar-refractivity contribution >= 4 is 45.4 Å². The molecule has 1 fully saturated rings. The van der Waals surface area contributed by atoms with E-state index in [2.05, 4.69) is 15.0 Å². The maximum Gasteiger partial charge on any atom is 0.207 e. The first-order valence-corrected chi connectivity index (χ1v) is 15.8. The summed E-state index contributed by atoms with van der Waals surface area (Å²) < 4.78 is 33.8. The minimum absolute atomic E-state index is 0.00479. The molecular weight excluding hydrogens is 573 g/mol. The fourth-order valence-corrected chi connectivity index (χ4v) is 8.58. The summed E-state index contributed by atoms with van der Waals surface area (Å²) in [7, 11) is 0.209. The number of benzene rings is 3. The number of aromatic nitrogens is 3. The van der Waals surface area contributed by atoms with Crippen molar-refractivity contribution < 1.29 is 18.8 Å². The summed E-state index contributed by atoms with van der Waals surface area (Å²) in [5.41, 5.74) is 8.58. The van der Waals surface area contributed by atoms with Crippen molar-refractivity contribution in [3.8, 4) is 28.5 Å². The maximum atomic E-state index is 14.6. The molecule has 0 aliphatic carbocycles. The SMILES string of the molecule is COc1cc2ncc3c(N)nc(-c4cncc(OCC5C[N@]5P(=O)(c5ccccc5)c5ccccc5)c4)cc3c2cc1OC. The first-order chi connectivity index (χ1) is 21.5. The number of hydrogen-bond acceptors (Lipinski definition) is 8. The number of nitrogens with two attached hydrogens (primary N) is 1. The van der Waals surface area contributed by atoms with Crippen LogP contribution >= 0.6 is 7.29 Å². The molecule has 44 heavy (non-hydrogen) atoms. The molecule has 1 aliphatic heterocycles. The van der Waals surface area contributed by atoms with Crippen molar-refractivity contribution in [2.45, 2.75) is 6.04 Å². The molecule has 2 atom stereocenters. The lowest BCUT2D eigenvalue weighted by Gasteiger charge is -2.21. The average molecular weight is 604 g/mol. The number of rotatable bonds is 9. The van der Waals surface area contributed by atoms with E-state index in [4.69, 9.17) is 19.9 Å². The first kappa shape index (κ1) is 27.8. The van der Waals surface area contributed by atoms with Gasteiger partial charge >= 0.3 is 0 Å². The van der Waals surface area contributed by atoms with Crippen LogP contribution in [0.2, 0.25) is 0 Å². The molecule has 10 heteroatoms. The summed E-state index contributed by atoms with van der Waals surface area (Å²) in [6.45, 7) is 1.05. The number of nitrogens with zero attached hydrogens (tertiary/aromatic N) is 4. The van der Waals surface area contributed by atoms with Gasteiger partial charge in [0.15, 0.2) is 11.5 Å². The third-order valence-electron chi connectivity index (χ3n) is 7.92. The second kappa shape index (κ2) is 11.3. The summed E-state index contributed by atoms with van der Waals surface area (Å²) in [5, 5.41) is 4.12. The number of nitrogen functional groups attached to an aromatic ring is 1. The van der Waals surface area contributed by atoms with Crippen molar-refractivity contribution in [3.05, 3.63) is 104 Å². The Hall–Kier alpha value is -4.98. The predicted molar refractivity (Wildman–Crippen MR) is 174 cm³/mol. The topological polar surface area (TPSA) is 112 Å². The molecule has 7 rings (SSSR count). The summed E-state index contributed by atoms with van der Waals surface area (Å²) >= 11 is 0. The molecule has 220 valence electrons. The third kappa shape index (κ3) is 4.90. The minimum atomic E-state index is -2.99. The van der Waals surface area contributed by atoms with Gasteiger partial charge in [-0.15, -0.1) is 0 Å². The first-order valence-electron chi connectivity index (χ1n) is 14.2. The van der Waals surface area contributed by atoms with Gasteiger partial charge in [0.2, 0.25) is 7.29 Å². The Morgan fingerprint density at radius 3 is 2.20 bits per heavy atom. The minimum Gasteiger partial charge on any atom is -0.493 e. The van der Waals surface area contributed by atoms with Crippen LogP contribution in [0.25, 0.3) is 32.9 Å². The zero-order chi connectivity index (χ0) is 30.3. The molecule has 3 aromatic heterocycles. The lowest BCUT2D eigenvalue weighted by molar-refractivity contribution is 0.309. The summed E-state index contributed by atoms with van der Waals surface area (Å²) in [4.78, 5) is 13.6. The lowest BCUT2D eigenvalue weighted by Crippen LogP contribution is -2.23. The highest BCUT2D eigenvalue weighted by atomic mass is 31.2. The Labute approximate surface area is 254 Å². The Morgan fingerprint density at radius 2 is 1.52 bits per heavy atom. The van der Waals surface area contributed by atoms with Crippen LogP contribution < -0.4 is 30.6 Å². The van der Waals surface area contributed by atoms with Crippen LogP contribution in [-0.2, 0) is 4.57 Å². The molecule has 0 bridgehead atoms. The number of anilines is 1. The van der Waals surface area contributed by atoms with E-state index < -0.39 is 7.29 Å². The number of fused-ring (bicyclic) bond motifs is 3. The van der Waals surface area contributed by atoms with E-state index in [0.29, 0.717) is 41.9 Å². The molecule has 2 N–H and O–H groups in total. The zero-order valence-electron chi connectivity index (χ0n) is 24.3. The van der Waals surface area contributed by atoms with E-state index in [-0.39, 0.29) is 6.04 Å². The summed E-state index contributed by atoms with van der Waals surface area (Å²) in [5.74, 6) is 2.15. The highest BCUT2D eigenvalue weighted by Crippen LogP contribution is 2.54. The standard InChI is InChI=1S/C34H30N5O4P/c1-41-32-15-28-27-14-30(38-34(35)29(27)19-37-31(28)16-33(32)42-2)22-13-24(18-36-17-22)43-21-23-20-39(23)44(40,25-9-5-3-6-10-25)26-11-7-4-8-12-26/h3-19,23H,20-21H2,1-2H3,(H2,35,38)/t23?,39-/m0/s1. The van der Waals surface area contributed by atoms with Gasteiger partial charge in [-0.25, -0.2) is 9.65 Å². The van der Waals surface area contributed by atoms with Gasteiger partial charge in [0.25, 0.3) is 0 Å². The molecule has 0 saturated carbocycles. The summed E-state index contributed by atoms with van der Waals surface area (Å²) in [6, 6.07) is 26.9. The molecule has 6 aromatic rings. The zero-order valence-corrected chi connectivity index (χ0v) is 25.1. The van der Waals surface area contributed by atoms with E-state index in [1.54, 1.807) is 32.8 Å². The van der Waals surface area contributed by atoms with Crippen LogP contribution in [-0.4, -0.2) is 53.0 Å². The molecule has 0 spiro atoms. The highest BCUT2D eigenvalue weighted by Gasteiger charge is 2.49. The Kier molecular flexibility index (Phi) is 7.12. The van der Waals surface area contributed by atoms with Crippen molar-refractivity contribution in [1.82, 2.24) is 19.6 Å². The van der Waals surface area contributed by atoms with E-state index in [9.17, 15) is 4.57 Å². The Balaban J connectivity index is 1.16.